The third kappa shape index (κ3) is 4.73. The van der Waals surface area contributed by atoms with E-state index in [4.69, 9.17) is 32.7 Å². The van der Waals surface area contributed by atoms with Gasteiger partial charge in [0.2, 0.25) is 5.91 Å². The van der Waals surface area contributed by atoms with Crippen LogP contribution in [0.5, 0.6) is 11.5 Å². The molecular weight excluding hydrogens is 445 g/mol. The number of anilines is 2. The van der Waals surface area contributed by atoms with Crippen LogP contribution in [0.25, 0.3) is 0 Å². The number of hydrogen-bond donors (Lipinski definition) is 2. The van der Waals surface area contributed by atoms with Gasteiger partial charge in [0.1, 0.15) is 19.8 Å². The Balaban J connectivity index is 1.41. The van der Waals surface area contributed by atoms with Crippen LogP contribution >= 0.6 is 23.2 Å². The smallest absolute Gasteiger partial charge is 0.278 e. The highest BCUT2D eigenvalue weighted by Crippen LogP contribution is 2.32. The Labute approximate surface area is 187 Å². The monoisotopic (exact) mass is 461 g/mol. The molecule has 2 heterocycles. The number of carbonyl (C=O) groups is 2. The second-order valence-corrected chi connectivity index (χ2v) is 7.49. The van der Waals surface area contributed by atoms with Gasteiger partial charge in [-0.1, -0.05) is 28.4 Å². The zero-order valence-corrected chi connectivity index (χ0v) is 17.8. The van der Waals surface area contributed by atoms with Crippen LogP contribution in [-0.4, -0.2) is 40.0 Å². The van der Waals surface area contributed by atoms with E-state index in [-0.39, 0.29) is 18.1 Å². The van der Waals surface area contributed by atoms with E-state index in [1.54, 1.807) is 37.3 Å². The first-order chi connectivity index (χ1) is 14.9. The number of halogens is 2. The molecule has 11 heteroatoms. The van der Waals surface area contributed by atoms with E-state index in [1.807, 2.05) is 0 Å². The molecule has 0 saturated heterocycles. The van der Waals surface area contributed by atoms with Crippen molar-refractivity contribution in [2.75, 3.05) is 23.8 Å². The van der Waals surface area contributed by atoms with Gasteiger partial charge in [0.05, 0.1) is 15.7 Å². The lowest BCUT2D eigenvalue weighted by atomic mass is 10.2. The van der Waals surface area contributed by atoms with Crippen LogP contribution in [0.1, 0.15) is 16.2 Å². The number of hydrogen-bond acceptors (Lipinski definition) is 6. The normalized spacial score (nSPS) is 12.4. The quantitative estimate of drug-likeness (QED) is 0.601. The summed E-state index contributed by atoms with van der Waals surface area (Å²) in [7, 11) is 0. The molecule has 1 aliphatic heterocycles. The molecule has 9 nitrogen and oxygen atoms in total. The van der Waals surface area contributed by atoms with E-state index in [0.29, 0.717) is 51.8 Å². The maximum Gasteiger partial charge on any atom is 0.278 e. The topological polar surface area (TPSA) is 107 Å². The fraction of sp³-hybridized carbons (Fsp3) is 0.200. The number of carbonyl (C=O) groups excluding carboxylic acids is 2. The van der Waals surface area contributed by atoms with E-state index in [9.17, 15) is 9.59 Å². The van der Waals surface area contributed by atoms with Gasteiger partial charge in [-0.05, 0) is 37.3 Å². The SMILES string of the molecule is Cc1c(C(=O)Nc2ccc(Cl)c(Cl)c2)nnn1CC(=O)Nc1ccc2c(c1)OCCO2. The maximum absolute atomic E-state index is 12.5. The summed E-state index contributed by atoms with van der Waals surface area (Å²) < 4.78 is 12.3. The van der Waals surface area contributed by atoms with Crippen molar-refractivity contribution < 1.29 is 19.1 Å². The van der Waals surface area contributed by atoms with Crippen molar-refractivity contribution in [1.82, 2.24) is 15.0 Å². The number of ether oxygens (including phenoxy) is 2. The van der Waals surface area contributed by atoms with Crippen molar-refractivity contribution >= 4 is 46.4 Å². The summed E-state index contributed by atoms with van der Waals surface area (Å²) in [4.78, 5) is 25.0. The minimum Gasteiger partial charge on any atom is -0.486 e. The van der Waals surface area contributed by atoms with Gasteiger partial charge in [0.25, 0.3) is 5.91 Å². The summed E-state index contributed by atoms with van der Waals surface area (Å²) in [5.41, 5.74) is 1.56. The predicted octanol–water partition coefficient (Wildman–Crippen LogP) is 3.56. The van der Waals surface area contributed by atoms with Gasteiger partial charge in [-0.25, -0.2) is 4.68 Å². The molecule has 0 radical (unpaired) electrons. The highest BCUT2D eigenvalue weighted by atomic mass is 35.5. The summed E-state index contributed by atoms with van der Waals surface area (Å²) in [6, 6.07) is 9.86. The molecule has 0 atom stereocenters. The standard InChI is InChI=1S/C20H17Cl2N5O4/c1-11-19(20(29)24-12-2-4-14(21)15(22)8-12)25-26-27(11)10-18(28)23-13-3-5-16-17(9-13)31-7-6-30-16/h2-5,8-9H,6-7,10H2,1H3,(H,23,28)(H,24,29). The number of fused-ring (bicyclic) bond motifs is 1. The summed E-state index contributed by atoms with van der Waals surface area (Å²) in [6.45, 7) is 2.48. The van der Waals surface area contributed by atoms with E-state index >= 15 is 0 Å². The molecule has 0 aliphatic carbocycles. The first-order valence-corrected chi connectivity index (χ1v) is 10.0. The Bertz CT molecular complexity index is 1160. The molecule has 1 aromatic heterocycles. The molecule has 4 rings (SSSR count). The number of aromatic nitrogens is 3. The fourth-order valence-electron chi connectivity index (χ4n) is 2.94. The molecule has 31 heavy (non-hydrogen) atoms. The van der Waals surface area contributed by atoms with Gasteiger partial charge in [-0.15, -0.1) is 5.10 Å². The Kier molecular flexibility index (Phi) is 5.97. The summed E-state index contributed by atoms with van der Waals surface area (Å²) in [5.74, 6) is 0.395. The highest BCUT2D eigenvalue weighted by molar-refractivity contribution is 6.42. The first-order valence-electron chi connectivity index (χ1n) is 9.26. The molecule has 0 unspecified atom stereocenters. The maximum atomic E-state index is 12.5. The van der Waals surface area contributed by atoms with E-state index in [1.165, 1.54) is 10.7 Å². The number of amides is 2. The van der Waals surface area contributed by atoms with Crippen molar-refractivity contribution in [3.63, 3.8) is 0 Å². The lowest BCUT2D eigenvalue weighted by Crippen LogP contribution is -2.21. The zero-order valence-electron chi connectivity index (χ0n) is 16.3. The number of nitrogens with zero attached hydrogens (tertiary/aromatic N) is 3. The van der Waals surface area contributed by atoms with Crippen molar-refractivity contribution in [2.45, 2.75) is 13.5 Å². The third-order valence-corrected chi connectivity index (χ3v) is 5.23. The molecular formula is C20H17Cl2N5O4. The van der Waals surface area contributed by atoms with Crippen LogP contribution in [0.2, 0.25) is 10.0 Å². The Morgan fingerprint density at radius 2 is 1.71 bits per heavy atom. The number of benzene rings is 2. The van der Waals surface area contributed by atoms with E-state index < -0.39 is 5.91 Å². The van der Waals surface area contributed by atoms with Gasteiger partial charge in [-0.3, -0.25) is 9.59 Å². The highest BCUT2D eigenvalue weighted by Gasteiger charge is 2.19. The molecule has 0 fully saturated rings. The average Bonchev–Trinajstić information content (AvgIpc) is 3.10. The molecule has 1 aliphatic rings. The Hall–Kier alpha value is -3.30. The van der Waals surface area contributed by atoms with Crippen LogP contribution in [-0.2, 0) is 11.3 Å². The van der Waals surface area contributed by atoms with Crippen molar-refractivity contribution in [2.24, 2.45) is 0 Å². The fourth-order valence-corrected chi connectivity index (χ4v) is 3.24. The lowest BCUT2D eigenvalue weighted by Gasteiger charge is -2.19. The Morgan fingerprint density at radius 3 is 2.48 bits per heavy atom. The summed E-state index contributed by atoms with van der Waals surface area (Å²) in [5, 5.41) is 14.0. The molecule has 0 spiro atoms. The van der Waals surface area contributed by atoms with E-state index in [2.05, 4.69) is 20.9 Å². The summed E-state index contributed by atoms with van der Waals surface area (Å²) >= 11 is 11.8. The van der Waals surface area contributed by atoms with Crippen LogP contribution in [0.3, 0.4) is 0 Å². The van der Waals surface area contributed by atoms with Gasteiger partial charge in [-0.2, -0.15) is 0 Å². The minimum absolute atomic E-state index is 0.0956. The average molecular weight is 462 g/mol. The second kappa shape index (κ2) is 8.83. The van der Waals surface area contributed by atoms with Gasteiger partial charge >= 0.3 is 0 Å². The van der Waals surface area contributed by atoms with Crippen molar-refractivity contribution in [1.29, 1.82) is 0 Å². The molecule has 0 bridgehead atoms. The number of rotatable bonds is 5. The molecule has 2 aromatic carbocycles. The number of nitrogens with one attached hydrogen (secondary N) is 2. The second-order valence-electron chi connectivity index (χ2n) is 6.67. The zero-order chi connectivity index (χ0) is 22.0. The molecule has 3 aromatic rings. The van der Waals surface area contributed by atoms with Crippen LogP contribution in [0.4, 0.5) is 11.4 Å². The van der Waals surface area contributed by atoms with Crippen molar-refractivity contribution in [3.05, 3.63) is 57.8 Å². The predicted molar refractivity (Wildman–Crippen MR) is 115 cm³/mol. The molecule has 2 amide bonds. The lowest BCUT2D eigenvalue weighted by molar-refractivity contribution is -0.117. The van der Waals surface area contributed by atoms with Crippen LogP contribution in [0, 0.1) is 6.92 Å². The van der Waals surface area contributed by atoms with Crippen LogP contribution < -0.4 is 20.1 Å². The van der Waals surface area contributed by atoms with E-state index in [0.717, 1.165) is 0 Å². The molecule has 2 N–H and O–H groups in total. The van der Waals surface area contributed by atoms with Gasteiger partial charge in [0, 0.05) is 17.4 Å². The molecule has 0 saturated carbocycles. The molecule has 160 valence electrons. The minimum atomic E-state index is -0.477. The third-order valence-electron chi connectivity index (χ3n) is 4.49. The van der Waals surface area contributed by atoms with Crippen LogP contribution in [0.15, 0.2) is 36.4 Å². The van der Waals surface area contributed by atoms with Crippen molar-refractivity contribution in [3.8, 4) is 11.5 Å². The Morgan fingerprint density at radius 1 is 1.00 bits per heavy atom. The summed E-state index contributed by atoms with van der Waals surface area (Å²) in [6.07, 6.45) is 0. The first kappa shape index (κ1) is 21.0. The van der Waals surface area contributed by atoms with Gasteiger partial charge in [0.15, 0.2) is 17.2 Å². The largest absolute Gasteiger partial charge is 0.486 e. The van der Waals surface area contributed by atoms with Gasteiger partial charge < -0.3 is 20.1 Å².